The molecule has 1 spiro atoms. The van der Waals surface area contributed by atoms with Crippen molar-refractivity contribution in [2.45, 2.75) is 37.8 Å². The summed E-state index contributed by atoms with van der Waals surface area (Å²) >= 11 is 0. The van der Waals surface area contributed by atoms with Gasteiger partial charge in [-0.15, -0.1) is 0 Å². The van der Waals surface area contributed by atoms with Crippen molar-refractivity contribution in [2.24, 2.45) is 21.5 Å². The van der Waals surface area contributed by atoms with Crippen LogP contribution >= 0.6 is 0 Å². The van der Waals surface area contributed by atoms with Gasteiger partial charge in [0, 0.05) is 12.1 Å². The third-order valence-corrected chi connectivity index (χ3v) is 4.07. The molecule has 22 heavy (non-hydrogen) atoms. The van der Waals surface area contributed by atoms with Crippen molar-refractivity contribution in [1.82, 2.24) is 0 Å². The number of hydrogen-bond acceptors (Lipinski definition) is 5. The van der Waals surface area contributed by atoms with Crippen molar-refractivity contribution in [1.29, 1.82) is 0 Å². The van der Waals surface area contributed by atoms with Gasteiger partial charge in [0.25, 0.3) is 0 Å². The molecule has 5 nitrogen and oxygen atoms in total. The minimum absolute atomic E-state index is 0.00654. The van der Waals surface area contributed by atoms with E-state index in [1.807, 2.05) is 0 Å². The van der Waals surface area contributed by atoms with Crippen LogP contribution in [-0.2, 0) is 0 Å². The molecule has 1 heterocycles. The normalized spacial score (nSPS) is 20.8. The van der Waals surface area contributed by atoms with E-state index in [1.54, 1.807) is 0 Å². The van der Waals surface area contributed by atoms with Crippen LogP contribution in [-0.4, -0.2) is 17.6 Å². The van der Waals surface area contributed by atoms with E-state index in [4.69, 9.17) is 11.5 Å². The van der Waals surface area contributed by atoms with Gasteiger partial charge in [-0.05, 0) is 25.7 Å². The highest BCUT2D eigenvalue weighted by atomic mass is 19.2. The van der Waals surface area contributed by atoms with Crippen LogP contribution < -0.4 is 16.4 Å². The summed E-state index contributed by atoms with van der Waals surface area (Å²) in [5.74, 6) is -3.47. The molecule has 1 saturated carbocycles. The van der Waals surface area contributed by atoms with Crippen molar-refractivity contribution in [3.63, 3.8) is 0 Å². The molecule has 1 aromatic rings. The van der Waals surface area contributed by atoms with E-state index in [-0.39, 0.29) is 17.6 Å². The summed E-state index contributed by atoms with van der Waals surface area (Å²) in [5.41, 5.74) is 10.3. The number of guanidine groups is 2. The van der Waals surface area contributed by atoms with E-state index in [0.29, 0.717) is 18.9 Å². The Kier molecular flexibility index (Phi) is 3.46. The Balaban J connectivity index is 2.16. The van der Waals surface area contributed by atoms with Gasteiger partial charge in [0.05, 0.1) is 5.69 Å². The first-order chi connectivity index (χ1) is 10.4. The molecule has 2 aliphatic rings. The third kappa shape index (κ3) is 2.28. The summed E-state index contributed by atoms with van der Waals surface area (Å²) < 4.78 is 41.3. The van der Waals surface area contributed by atoms with Crippen LogP contribution in [0, 0.1) is 17.5 Å². The van der Waals surface area contributed by atoms with E-state index in [1.165, 1.54) is 4.90 Å². The maximum Gasteiger partial charge on any atom is 0.220 e. The van der Waals surface area contributed by atoms with Gasteiger partial charge in [-0.3, -0.25) is 4.90 Å². The molecule has 1 fully saturated rings. The second-order valence-corrected chi connectivity index (χ2v) is 5.54. The highest BCUT2D eigenvalue weighted by molar-refractivity contribution is 6.05. The molecule has 118 valence electrons. The molecular formula is C14H16F3N5. The highest BCUT2D eigenvalue weighted by Gasteiger charge is 2.44. The van der Waals surface area contributed by atoms with Crippen molar-refractivity contribution >= 4 is 17.6 Å². The van der Waals surface area contributed by atoms with E-state index >= 15 is 0 Å². The zero-order chi connectivity index (χ0) is 15.9. The van der Waals surface area contributed by atoms with Gasteiger partial charge in [-0.2, -0.15) is 4.99 Å². The fourth-order valence-electron chi connectivity index (χ4n) is 3.17. The molecule has 4 N–H and O–H groups in total. The molecule has 0 radical (unpaired) electrons. The first kappa shape index (κ1) is 14.7. The Morgan fingerprint density at radius 1 is 1.05 bits per heavy atom. The number of hydrogen-bond donors (Lipinski definition) is 2. The largest absolute Gasteiger partial charge is 0.369 e. The number of halogens is 3. The minimum Gasteiger partial charge on any atom is -0.369 e. The molecule has 8 heteroatoms. The Bertz CT molecular complexity index is 665. The van der Waals surface area contributed by atoms with Gasteiger partial charge in [0.2, 0.25) is 11.9 Å². The van der Waals surface area contributed by atoms with Crippen LogP contribution in [0.15, 0.2) is 22.1 Å². The average molecular weight is 311 g/mol. The first-order valence-corrected chi connectivity index (χ1v) is 7.07. The van der Waals surface area contributed by atoms with E-state index in [9.17, 15) is 13.2 Å². The SMILES string of the molecule is NC1=NC2(CCCCC2)N(c2cc(F)cc(F)c2F)C(N)=N1. The molecule has 0 amide bonds. The lowest BCUT2D eigenvalue weighted by atomic mass is 9.87. The lowest BCUT2D eigenvalue weighted by Crippen LogP contribution is -2.58. The quantitative estimate of drug-likeness (QED) is 0.780. The molecule has 1 aliphatic heterocycles. The molecule has 0 aromatic heterocycles. The van der Waals surface area contributed by atoms with E-state index in [0.717, 1.165) is 25.3 Å². The van der Waals surface area contributed by atoms with Crippen LogP contribution in [0.3, 0.4) is 0 Å². The van der Waals surface area contributed by atoms with Gasteiger partial charge >= 0.3 is 0 Å². The summed E-state index contributed by atoms with van der Waals surface area (Å²) in [6.07, 6.45) is 3.78. The van der Waals surface area contributed by atoms with Crippen LogP contribution in [0.5, 0.6) is 0 Å². The fraction of sp³-hybridized carbons (Fsp3) is 0.429. The predicted octanol–water partition coefficient (Wildman–Crippen LogP) is 2.21. The average Bonchev–Trinajstić information content (AvgIpc) is 2.44. The maximum absolute atomic E-state index is 14.2. The highest BCUT2D eigenvalue weighted by Crippen LogP contribution is 2.40. The summed E-state index contributed by atoms with van der Waals surface area (Å²) in [7, 11) is 0. The second-order valence-electron chi connectivity index (χ2n) is 5.54. The topological polar surface area (TPSA) is 80.0 Å². The monoisotopic (exact) mass is 311 g/mol. The van der Waals surface area contributed by atoms with E-state index < -0.39 is 23.1 Å². The number of rotatable bonds is 1. The Labute approximate surface area is 125 Å². The molecule has 0 bridgehead atoms. The molecule has 0 saturated heterocycles. The Morgan fingerprint density at radius 2 is 1.73 bits per heavy atom. The Hall–Kier alpha value is -2.25. The minimum atomic E-state index is -1.28. The number of nitrogens with two attached hydrogens (primary N) is 2. The lowest BCUT2D eigenvalue weighted by Gasteiger charge is -2.45. The molecule has 0 atom stereocenters. The van der Waals surface area contributed by atoms with Crippen molar-refractivity contribution in [3.8, 4) is 0 Å². The van der Waals surface area contributed by atoms with Gasteiger partial charge in [0.1, 0.15) is 11.5 Å². The zero-order valence-electron chi connectivity index (χ0n) is 11.8. The summed E-state index contributed by atoms with van der Waals surface area (Å²) in [6.45, 7) is 0. The maximum atomic E-state index is 14.2. The summed E-state index contributed by atoms with van der Waals surface area (Å²) in [6, 6.07) is 1.38. The van der Waals surface area contributed by atoms with E-state index in [2.05, 4.69) is 9.98 Å². The number of aliphatic imine (C=N–C) groups is 2. The van der Waals surface area contributed by atoms with Gasteiger partial charge in [-0.25, -0.2) is 18.2 Å². The predicted molar refractivity (Wildman–Crippen MR) is 77.9 cm³/mol. The van der Waals surface area contributed by atoms with Crippen LogP contribution in [0.25, 0.3) is 0 Å². The van der Waals surface area contributed by atoms with Gasteiger partial charge in [-0.1, -0.05) is 6.42 Å². The Morgan fingerprint density at radius 3 is 2.41 bits per heavy atom. The van der Waals surface area contributed by atoms with Gasteiger partial charge < -0.3 is 11.5 Å². The molecule has 1 aliphatic carbocycles. The number of nitrogens with zero attached hydrogens (tertiary/aromatic N) is 3. The smallest absolute Gasteiger partial charge is 0.220 e. The first-order valence-electron chi connectivity index (χ1n) is 7.07. The van der Waals surface area contributed by atoms with Gasteiger partial charge in [0.15, 0.2) is 11.6 Å². The summed E-state index contributed by atoms with van der Waals surface area (Å²) in [4.78, 5) is 9.42. The molecule has 1 aromatic carbocycles. The second kappa shape index (κ2) is 5.19. The molecular weight excluding hydrogens is 295 g/mol. The van der Waals surface area contributed by atoms with Crippen molar-refractivity contribution in [2.75, 3.05) is 4.90 Å². The standard InChI is InChI=1S/C14H16F3N5/c15-8-6-9(16)11(17)10(7-8)22-13(19)20-12(18)21-14(22)4-2-1-3-5-14/h6-7H,1-5H2,(H4,18,19,20,21). The van der Waals surface area contributed by atoms with Crippen molar-refractivity contribution in [3.05, 3.63) is 29.6 Å². The molecule has 0 unspecified atom stereocenters. The molecule has 3 rings (SSSR count). The third-order valence-electron chi connectivity index (χ3n) is 4.07. The lowest BCUT2D eigenvalue weighted by molar-refractivity contribution is 0.303. The number of anilines is 1. The van der Waals surface area contributed by atoms with Crippen molar-refractivity contribution < 1.29 is 13.2 Å². The van der Waals surface area contributed by atoms with Crippen LogP contribution in [0.2, 0.25) is 0 Å². The van der Waals surface area contributed by atoms with Crippen LogP contribution in [0.4, 0.5) is 18.9 Å². The fourth-order valence-corrected chi connectivity index (χ4v) is 3.17. The summed E-state index contributed by atoms with van der Waals surface area (Å²) in [5, 5.41) is 0. The zero-order valence-corrected chi connectivity index (χ0v) is 11.8. The van der Waals surface area contributed by atoms with Crippen LogP contribution in [0.1, 0.15) is 32.1 Å². The number of benzene rings is 1.